The summed E-state index contributed by atoms with van der Waals surface area (Å²) in [6, 6.07) is 18.8. The Bertz CT molecular complexity index is 396. The van der Waals surface area contributed by atoms with E-state index in [0.29, 0.717) is 0 Å². The van der Waals surface area contributed by atoms with Gasteiger partial charge in [-0.05, 0) is 12.1 Å². The summed E-state index contributed by atoms with van der Waals surface area (Å²) in [6.07, 6.45) is 0.833. The SMILES string of the molecule is CC.CC.COc1ccccc1.O=Cc1ccccc1. The van der Waals surface area contributed by atoms with Crippen LogP contribution in [0.5, 0.6) is 5.75 Å². The molecule has 0 saturated carbocycles. The second-order valence-electron chi connectivity index (χ2n) is 3.05. The van der Waals surface area contributed by atoms with E-state index in [1.54, 1.807) is 19.2 Å². The summed E-state index contributed by atoms with van der Waals surface area (Å²) in [6.45, 7) is 8.00. The maximum atomic E-state index is 10.0. The molecule has 0 unspecified atom stereocenters. The molecule has 2 heteroatoms. The van der Waals surface area contributed by atoms with Crippen LogP contribution in [0.15, 0.2) is 60.7 Å². The standard InChI is InChI=1S/C7H8O.C7H6O.2C2H6/c1-8-7-5-3-2-4-6-7;8-6-7-4-2-1-3-5-7;2*1-2/h2-6H,1H3;1-6H;2*1-2H3. The van der Waals surface area contributed by atoms with Crippen LogP contribution >= 0.6 is 0 Å². The summed E-state index contributed by atoms with van der Waals surface area (Å²) >= 11 is 0. The van der Waals surface area contributed by atoms with Crippen LogP contribution in [-0.2, 0) is 0 Å². The highest BCUT2D eigenvalue weighted by atomic mass is 16.5. The fourth-order valence-corrected chi connectivity index (χ4v) is 1.09. The van der Waals surface area contributed by atoms with Crippen LogP contribution in [0.3, 0.4) is 0 Å². The molecule has 0 fully saturated rings. The molecule has 0 saturated heterocycles. The Labute approximate surface area is 123 Å². The Balaban J connectivity index is 0. The van der Waals surface area contributed by atoms with Gasteiger partial charge in [0.25, 0.3) is 0 Å². The van der Waals surface area contributed by atoms with Gasteiger partial charge in [-0.25, -0.2) is 0 Å². The number of hydrogen-bond acceptors (Lipinski definition) is 2. The van der Waals surface area contributed by atoms with Crippen LogP contribution in [0.25, 0.3) is 0 Å². The lowest BCUT2D eigenvalue weighted by Crippen LogP contribution is -1.78. The maximum absolute atomic E-state index is 10.0. The van der Waals surface area contributed by atoms with Gasteiger partial charge >= 0.3 is 0 Å². The van der Waals surface area contributed by atoms with Crippen molar-refractivity contribution in [3.63, 3.8) is 0 Å². The molecule has 0 aliphatic rings. The Morgan fingerprint density at radius 3 is 1.40 bits per heavy atom. The van der Waals surface area contributed by atoms with Gasteiger partial charge in [-0.1, -0.05) is 76.2 Å². The van der Waals surface area contributed by atoms with E-state index < -0.39 is 0 Å². The predicted molar refractivity (Wildman–Crippen MR) is 87.5 cm³/mol. The number of benzene rings is 2. The third-order valence-corrected chi connectivity index (χ3v) is 1.91. The summed E-state index contributed by atoms with van der Waals surface area (Å²) in [5.74, 6) is 0.910. The minimum Gasteiger partial charge on any atom is -0.497 e. The number of ether oxygens (including phenoxy) is 1. The molecule has 0 amide bonds. The van der Waals surface area contributed by atoms with Gasteiger partial charge in [0, 0.05) is 5.56 Å². The maximum Gasteiger partial charge on any atom is 0.150 e. The quantitative estimate of drug-likeness (QED) is 0.699. The Morgan fingerprint density at radius 1 is 0.750 bits per heavy atom. The molecular weight excluding hydrogens is 248 g/mol. The van der Waals surface area contributed by atoms with Crippen LogP contribution < -0.4 is 4.74 Å². The molecule has 20 heavy (non-hydrogen) atoms. The van der Waals surface area contributed by atoms with E-state index in [-0.39, 0.29) is 0 Å². The van der Waals surface area contributed by atoms with Crippen molar-refractivity contribution in [1.82, 2.24) is 0 Å². The summed E-state index contributed by atoms with van der Waals surface area (Å²) in [5, 5.41) is 0. The van der Waals surface area contributed by atoms with Crippen LogP contribution in [0.2, 0.25) is 0 Å². The summed E-state index contributed by atoms with van der Waals surface area (Å²) in [4.78, 5) is 10.0. The largest absolute Gasteiger partial charge is 0.497 e. The second-order valence-corrected chi connectivity index (χ2v) is 3.05. The molecule has 0 heterocycles. The number of carbonyl (C=O) groups is 1. The van der Waals surface area contributed by atoms with Gasteiger partial charge in [0.15, 0.2) is 0 Å². The zero-order chi connectivity index (χ0) is 15.6. The van der Waals surface area contributed by atoms with Gasteiger partial charge < -0.3 is 4.74 Å². The number of aldehydes is 1. The molecule has 0 bridgehead atoms. The van der Waals surface area contributed by atoms with Gasteiger partial charge in [-0.2, -0.15) is 0 Å². The molecule has 0 N–H and O–H groups in total. The molecule has 2 aromatic carbocycles. The zero-order valence-corrected chi connectivity index (χ0v) is 13.2. The van der Waals surface area contributed by atoms with Gasteiger partial charge in [-0.3, -0.25) is 4.79 Å². The van der Waals surface area contributed by atoms with Crippen molar-refractivity contribution in [3.8, 4) is 5.75 Å². The van der Waals surface area contributed by atoms with Gasteiger partial charge in [0.2, 0.25) is 0 Å². The molecule has 0 aliphatic heterocycles. The van der Waals surface area contributed by atoms with Gasteiger partial charge in [0.1, 0.15) is 12.0 Å². The fourth-order valence-electron chi connectivity index (χ4n) is 1.09. The van der Waals surface area contributed by atoms with Crippen LogP contribution in [-0.4, -0.2) is 13.4 Å². The third-order valence-electron chi connectivity index (χ3n) is 1.91. The number of para-hydroxylation sites is 1. The van der Waals surface area contributed by atoms with Gasteiger partial charge in [0.05, 0.1) is 7.11 Å². The van der Waals surface area contributed by atoms with Crippen LogP contribution in [0.1, 0.15) is 38.1 Å². The normalized spacial score (nSPS) is 7.45. The molecule has 110 valence electrons. The predicted octanol–water partition coefficient (Wildman–Crippen LogP) is 5.25. The third kappa shape index (κ3) is 11.0. The molecule has 2 rings (SSSR count). The molecular formula is C18H26O2. The lowest BCUT2D eigenvalue weighted by atomic mass is 10.2. The van der Waals surface area contributed by atoms with Crippen molar-refractivity contribution in [2.24, 2.45) is 0 Å². The first-order chi connectivity index (χ1) is 9.86. The topological polar surface area (TPSA) is 26.3 Å². The Kier molecular flexibility index (Phi) is 17.1. The molecule has 2 nitrogen and oxygen atoms in total. The zero-order valence-electron chi connectivity index (χ0n) is 13.2. The smallest absolute Gasteiger partial charge is 0.150 e. The monoisotopic (exact) mass is 274 g/mol. The highest BCUT2D eigenvalue weighted by Gasteiger charge is 1.80. The number of rotatable bonds is 2. The van der Waals surface area contributed by atoms with E-state index in [2.05, 4.69) is 0 Å². The van der Waals surface area contributed by atoms with E-state index in [0.717, 1.165) is 17.6 Å². The fraction of sp³-hybridized carbons (Fsp3) is 0.278. The molecule has 2 aromatic rings. The van der Waals surface area contributed by atoms with Crippen molar-refractivity contribution < 1.29 is 9.53 Å². The Morgan fingerprint density at radius 2 is 1.15 bits per heavy atom. The van der Waals surface area contributed by atoms with Gasteiger partial charge in [-0.15, -0.1) is 0 Å². The first-order valence-electron chi connectivity index (χ1n) is 6.96. The van der Waals surface area contributed by atoms with E-state index in [1.165, 1.54) is 0 Å². The molecule has 0 spiro atoms. The molecule has 0 radical (unpaired) electrons. The minimum atomic E-state index is 0.729. The van der Waals surface area contributed by atoms with Crippen LogP contribution in [0.4, 0.5) is 0 Å². The average Bonchev–Trinajstić information content (AvgIpc) is 2.60. The highest BCUT2D eigenvalue weighted by molar-refractivity contribution is 5.74. The second kappa shape index (κ2) is 16.9. The summed E-state index contributed by atoms with van der Waals surface area (Å²) < 4.78 is 4.91. The highest BCUT2D eigenvalue weighted by Crippen LogP contribution is 2.05. The first kappa shape index (κ1) is 20.2. The number of methoxy groups -OCH3 is 1. The molecule has 0 aliphatic carbocycles. The number of carbonyl (C=O) groups excluding carboxylic acids is 1. The van der Waals surface area contributed by atoms with Crippen LogP contribution in [0, 0.1) is 0 Å². The lowest BCUT2D eigenvalue weighted by Gasteiger charge is -1.93. The average molecular weight is 274 g/mol. The van der Waals surface area contributed by atoms with E-state index in [9.17, 15) is 4.79 Å². The first-order valence-corrected chi connectivity index (χ1v) is 6.96. The van der Waals surface area contributed by atoms with Crippen molar-refractivity contribution in [2.45, 2.75) is 27.7 Å². The lowest BCUT2D eigenvalue weighted by molar-refractivity contribution is 0.112. The van der Waals surface area contributed by atoms with Crippen molar-refractivity contribution in [1.29, 1.82) is 0 Å². The summed E-state index contributed by atoms with van der Waals surface area (Å²) in [5.41, 5.74) is 0.729. The van der Waals surface area contributed by atoms with E-state index in [1.807, 2.05) is 76.2 Å². The van der Waals surface area contributed by atoms with E-state index in [4.69, 9.17) is 4.74 Å². The summed E-state index contributed by atoms with van der Waals surface area (Å²) in [7, 11) is 1.66. The van der Waals surface area contributed by atoms with E-state index >= 15 is 0 Å². The number of hydrogen-bond donors (Lipinski definition) is 0. The molecule has 0 atom stereocenters. The minimum absolute atomic E-state index is 0.729. The molecule has 0 aromatic heterocycles. The Hall–Kier alpha value is -2.09. The van der Waals surface area contributed by atoms with Crippen molar-refractivity contribution >= 4 is 6.29 Å². The van der Waals surface area contributed by atoms with Crippen molar-refractivity contribution in [2.75, 3.05) is 7.11 Å². The van der Waals surface area contributed by atoms with Crippen molar-refractivity contribution in [3.05, 3.63) is 66.2 Å².